The zero-order chi connectivity index (χ0) is 23.9. The largest absolute Gasteiger partial charge is 0.481 e. The summed E-state index contributed by atoms with van der Waals surface area (Å²) >= 11 is 0. The number of para-hydroxylation sites is 4. The van der Waals surface area contributed by atoms with E-state index in [1.54, 1.807) is 0 Å². The Labute approximate surface area is 211 Å². The summed E-state index contributed by atoms with van der Waals surface area (Å²) in [5.74, 6) is 0.923. The van der Waals surface area contributed by atoms with Crippen LogP contribution in [0.5, 0.6) is 5.75 Å². The van der Waals surface area contributed by atoms with Crippen molar-refractivity contribution in [2.24, 2.45) is 0 Å². The van der Waals surface area contributed by atoms with Crippen LogP contribution in [0.4, 0.5) is 22.7 Å². The van der Waals surface area contributed by atoms with Crippen LogP contribution in [-0.4, -0.2) is 0 Å². The molecule has 0 spiro atoms. The van der Waals surface area contributed by atoms with Crippen molar-refractivity contribution in [3.05, 3.63) is 156 Å². The van der Waals surface area contributed by atoms with Gasteiger partial charge in [-0.3, -0.25) is 0 Å². The van der Waals surface area contributed by atoms with E-state index < -0.39 is 0 Å². The highest BCUT2D eigenvalue weighted by molar-refractivity contribution is 5.81. The van der Waals surface area contributed by atoms with E-state index in [4.69, 9.17) is 4.74 Å². The van der Waals surface area contributed by atoms with Gasteiger partial charge >= 0.3 is 0 Å². The molecule has 0 fully saturated rings. The highest BCUT2D eigenvalue weighted by Crippen LogP contribution is 2.60. The monoisotopic (exact) mass is 464 g/mol. The maximum Gasteiger partial charge on any atom is 0.151 e. The predicted octanol–water partition coefficient (Wildman–Crippen LogP) is 8.32. The van der Waals surface area contributed by atoms with Gasteiger partial charge in [0.05, 0.1) is 11.4 Å². The summed E-state index contributed by atoms with van der Waals surface area (Å²) in [7, 11) is 0. The first-order chi connectivity index (χ1) is 17.9. The molecule has 0 saturated heterocycles. The SMILES string of the molecule is C1=CC=CC=CC=1N(c1ccccc1)c1cccc2c1OC1c3ccccc3N(c3ccccc3)C21. The molecule has 4 aromatic rings. The maximum absolute atomic E-state index is 6.89. The van der Waals surface area contributed by atoms with E-state index in [0.717, 1.165) is 22.8 Å². The number of ether oxygens (including phenoxy) is 1. The van der Waals surface area contributed by atoms with E-state index in [1.807, 2.05) is 30.4 Å². The molecule has 2 aliphatic heterocycles. The summed E-state index contributed by atoms with van der Waals surface area (Å²) < 4.78 is 6.89. The third-order valence-corrected chi connectivity index (χ3v) is 6.99. The Bertz CT molecular complexity index is 1560. The van der Waals surface area contributed by atoms with E-state index in [0.29, 0.717) is 0 Å². The van der Waals surface area contributed by atoms with Crippen LogP contribution >= 0.6 is 0 Å². The lowest BCUT2D eigenvalue weighted by Crippen LogP contribution is -2.20. The zero-order valence-electron chi connectivity index (χ0n) is 19.7. The minimum absolute atomic E-state index is 0.0632. The molecule has 3 nitrogen and oxygen atoms in total. The number of rotatable bonds is 4. The van der Waals surface area contributed by atoms with Gasteiger partial charge in [-0.05, 0) is 48.6 Å². The number of benzene rings is 4. The van der Waals surface area contributed by atoms with Crippen LogP contribution in [0.3, 0.4) is 0 Å². The molecule has 172 valence electrons. The minimum atomic E-state index is -0.0777. The zero-order valence-corrected chi connectivity index (χ0v) is 19.7. The molecule has 2 atom stereocenters. The van der Waals surface area contributed by atoms with Gasteiger partial charge < -0.3 is 14.5 Å². The molecule has 0 amide bonds. The van der Waals surface area contributed by atoms with Crippen molar-refractivity contribution in [2.45, 2.75) is 12.1 Å². The number of hydrogen-bond acceptors (Lipinski definition) is 3. The fourth-order valence-electron chi connectivity index (χ4n) is 5.50. The normalized spacial score (nSPS) is 18.7. The number of fused-ring (bicyclic) bond motifs is 5. The quantitative estimate of drug-likeness (QED) is 0.282. The van der Waals surface area contributed by atoms with Crippen molar-refractivity contribution in [2.75, 3.05) is 9.80 Å². The second kappa shape index (κ2) is 8.49. The molecular weight excluding hydrogens is 440 g/mol. The molecule has 2 unspecified atom stereocenters. The summed E-state index contributed by atoms with van der Waals surface area (Å²) in [4.78, 5) is 4.66. The van der Waals surface area contributed by atoms with Crippen LogP contribution in [0, 0.1) is 0 Å². The fourth-order valence-corrected chi connectivity index (χ4v) is 5.50. The standard InChI is InChI=1S/C33H24N2O/c1-2-6-15-24(14-5-1)34(25-16-7-3-8-17-25)30-23-13-21-28-31-33(36-32(28)30)27-20-11-12-22-29(27)35(31)26-18-9-4-10-19-26/h1-14,16-23,31,33H. The molecule has 7 rings (SSSR count). The first-order valence-electron chi connectivity index (χ1n) is 12.3. The summed E-state index contributed by atoms with van der Waals surface area (Å²) in [6, 6.07) is 36.2. The molecule has 0 radical (unpaired) electrons. The Balaban J connectivity index is 1.41. The van der Waals surface area contributed by atoms with Gasteiger partial charge in [0, 0.05) is 28.2 Å². The van der Waals surface area contributed by atoms with E-state index in [9.17, 15) is 0 Å². The van der Waals surface area contributed by atoms with Crippen LogP contribution in [0.1, 0.15) is 23.3 Å². The van der Waals surface area contributed by atoms with Gasteiger partial charge in [0.1, 0.15) is 11.8 Å². The van der Waals surface area contributed by atoms with Gasteiger partial charge in [-0.25, -0.2) is 0 Å². The van der Waals surface area contributed by atoms with E-state index in [1.165, 1.54) is 22.5 Å². The Morgan fingerprint density at radius 1 is 0.694 bits per heavy atom. The average molecular weight is 465 g/mol. The average Bonchev–Trinajstić information content (AvgIpc) is 3.33. The molecule has 36 heavy (non-hydrogen) atoms. The Morgan fingerprint density at radius 2 is 1.44 bits per heavy atom. The van der Waals surface area contributed by atoms with Crippen LogP contribution in [-0.2, 0) is 0 Å². The van der Waals surface area contributed by atoms with Crippen molar-refractivity contribution in [1.29, 1.82) is 0 Å². The third-order valence-electron chi connectivity index (χ3n) is 6.99. The lowest BCUT2D eigenvalue weighted by molar-refractivity contribution is 0.224. The Hall–Kier alpha value is -4.72. The van der Waals surface area contributed by atoms with Gasteiger partial charge in [-0.1, -0.05) is 90.7 Å². The van der Waals surface area contributed by atoms with Crippen molar-refractivity contribution < 1.29 is 4.74 Å². The molecule has 4 aromatic carbocycles. The summed E-state index contributed by atoms with van der Waals surface area (Å²) in [6.45, 7) is 0. The van der Waals surface area contributed by atoms with Gasteiger partial charge in [0.2, 0.25) is 0 Å². The molecule has 0 saturated carbocycles. The smallest absolute Gasteiger partial charge is 0.151 e. The third kappa shape index (κ3) is 3.22. The van der Waals surface area contributed by atoms with Crippen molar-refractivity contribution in [3.8, 4) is 5.75 Å². The molecule has 2 heterocycles. The van der Waals surface area contributed by atoms with Crippen LogP contribution in [0.15, 0.2) is 145 Å². The van der Waals surface area contributed by atoms with E-state index in [2.05, 4.69) is 119 Å². The molecule has 3 aliphatic rings. The Kier molecular flexibility index (Phi) is 4.87. The molecule has 0 N–H and O–H groups in total. The van der Waals surface area contributed by atoms with Gasteiger partial charge in [0.15, 0.2) is 6.10 Å². The summed E-state index contributed by atoms with van der Waals surface area (Å²) in [5.41, 5.74) is 11.3. The maximum atomic E-state index is 6.89. The van der Waals surface area contributed by atoms with E-state index in [-0.39, 0.29) is 12.1 Å². The first-order valence-corrected chi connectivity index (χ1v) is 12.3. The first kappa shape index (κ1) is 20.6. The van der Waals surface area contributed by atoms with Crippen LogP contribution in [0.2, 0.25) is 0 Å². The molecular formula is C33H24N2O. The highest BCUT2D eigenvalue weighted by atomic mass is 16.5. The van der Waals surface area contributed by atoms with Crippen LogP contribution < -0.4 is 14.5 Å². The number of allylic oxidation sites excluding steroid dienone is 4. The molecule has 3 heteroatoms. The van der Waals surface area contributed by atoms with Crippen LogP contribution in [0.25, 0.3) is 0 Å². The lowest BCUT2D eigenvalue weighted by atomic mass is 10.0. The topological polar surface area (TPSA) is 15.7 Å². The number of anilines is 4. The number of hydrogen-bond donors (Lipinski definition) is 0. The minimum Gasteiger partial charge on any atom is -0.481 e. The van der Waals surface area contributed by atoms with Crippen molar-refractivity contribution >= 4 is 22.7 Å². The van der Waals surface area contributed by atoms with E-state index >= 15 is 0 Å². The second-order valence-electron chi connectivity index (χ2n) is 9.05. The van der Waals surface area contributed by atoms with Crippen molar-refractivity contribution in [3.63, 3.8) is 0 Å². The highest BCUT2D eigenvalue weighted by Gasteiger charge is 2.48. The molecule has 0 aromatic heterocycles. The fraction of sp³-hybridized carbons (Fsp3) is 0.0606. The predicted molar refractivity (Wildman–Crippen MR) is 146 cm³/mol. The second-order valence-corrected chi connectivity index (χ2v) is 9.05. The van der Waals surface area contributed by atoms with Gasteiger partial charge in [-0.2, -0.15) is 0 Å². The Morgan fingerprint density at radius 3 is 2.31 bits per heavy atom. The van der Waals surface area contributed by atoms with Crippen molar-refractivity contribution in [1.82, 2.24) is 0 Å². The summed E-state index contributed by atoms with van der Waals surface area (Å²) in [5, 5.41) is 0. The number of nitrogens with zero attached hydrogens (tertiary/aromatic N) is 2. The van der Waals surface area contributed by atoms with Gasteiger partial charge in [0.25, 0.3) is 0 Å². The van der Waals surface area contributed by atoms with Gasteiger partial charge in [-0.15, -0.1) is 0 Å². The molecule has 1 aliphatic carbocycles. The lowest BCUT2D eigenvalue weighted by Gasteiger charge is -2.28. The summed E-state index contributed by atoms with van der Waals surface area (Å²) in [6.07, 6.45) is 10.0. The molecule has 0 bridgehead atoms.